The summed E-state index contributed by atoms with van der Waals surface area (Å²) in [6.07, 6.45) is 5.29. The van der Waals surface area contributed by atoms with Crippen LogP contribution in [0.25, 0.3) is 0 Å². The first-order valence-electron chi connectivity index (χ1n) is 5.03. The van der Waals surface area contributed by atoms with Gasteiger partial charge in [0.1, 0.15) is 0 Å². The quantitative estimate of drug-likeness (QED) is 0.884. The Balaban J connectivity index is 2.37. The molecule has 16 heavy (non-hydrogen) atoms. The van der Waals surface area contributed by atoms with Crippen LogP contribution in [0.3, 0.4) is 0 Å². The molecule has 0 bridgehead atoms. The van der Waals surface area contributed by atoms with Crippen LogP contribution in [0.15, 0.2) is 30.7 Å². The van der Waals surface area contributed by atoms with E-state index in [1.165, 1.54) is 0 Å². The van der Waals surface area contributed by atoms with Crippen LogP contribution < -0.4 is 5.73 Å². The Morgan fingerprint density at radius 2 is 2.12 bits per heavy atom. The Labute approximate surface area is 99.1 Å². The van der Waals surface area contributed by atoms with E-state index in [1.807, 2.05) is 19.1 Å². The zero-order valence-corrected chi connectivity index (χ0v) is 9.72. The van der Waals surface area contributed by atoms with Crippen molar-refractivity contribution in [1.82, 2.24) is 14.8 Å². The van der Waals surface area contributed by atoms with Crippen molar-refractivity contribution in [2.75, 3.05) is 6.54 Å². The maximum absolute atomic E-state index is 5.98. The Kier molecular flexibility index (Phi) is 3.22. The number of hydrogen-bond donors (Lipinski definition) is 1. The third-order valence-corrected chi connectivity index (χ3v) is 2.86. The van der Waals surface area contributed by atoms with Crippen LogP contribution in [0.2, 0.25) is 5.02 Å². The molecule has 84 valence electrons. The summed E-state index contributed by atoms with van der Waals surface area (Å²) in [5.41, 5.74) is 7.67. The third kappa shape index (κ3) is 2.08. The number of hydrogen-bond acceptors (Lipinski definition) is 3. The van der Waals surface area contributed by atoms with E-state index in [4.69, 9.17) is 17.3 Å². The lowest BCUT2D eigenvalue weighted by Crippen LogP contribution is -2.21. The Morgan fingerprint density at radius 1 is 1.44 bits per heavy atom. The van der Waals surface area contributed by atoms with Crippen molar-refractivity contribution in [1.29, 1.82) is 0 Å². The molecule has 0 saturated carbocycles. The second-order valence-electron chi connectivity index (χ2n) is 3.57. The maximum atomic E-state index is 5.98. The van der Waals surface area contributed by atoms with E-state index in [0.717, 1.165) is 11.3 Å². The third-order valence-electron chi connectivity index (χ3n) is 2.49. The van der Waals surface area contributed by atoms with Gasteiger partial charge in [0.25, 0.3) is 0 Å². The van der Waals surface area contributed by atoms with Gasteiger partial charge in [-0.1, -0.05) is 11.6 Å². The summed E-state index contributed by atoms with van der Waals surface area (Å²) < 4.78 is 1.80. The molecule has 1 unspecified atom stereocenters. The SMILES string of the molecule is Cc1nn(C(CN)c2ccncc2)cc1Cl. The highest BCUT2D eigenvalue weighted by atomic mass is 35.5. The minimum atomic E-state index is 0.00852. The fraction of sp³-hybridized carbons (Fsp3) is 0.273. The molecule has 1 atom stereocenters. The van der Waals surface area contributed by atoms with Crippen molar-refractivity contribution < 1.29 is 0 Å². The number of aromatic nitrogens is 3. The normalized spacial score (nSPS) is 12.7. The van der Waals surface area contributed by atoms with Crippen molar-refractivity contribution in [3.05, 3.63) is 47.0 Å². The van der Waals surface area contributed by atoms with Crippen LogP contribution in [-0.4, -0.2) is 21.3 Å². The Bertz CT molecular complexity index is 447. The Hall–Kier alpha value is -1.39. The monoisotopic (exact) mass is 236 g/mol. The van der Waals surface area contributed by atoms with Crippen molar-refractivity contribution >= 4 is 11.6 Å². The number of pyridine rings is 1. The molecule has 0 aliphatic carbocycles. The molecule has 0 amide bonds. The van der Waals surface area contributed by atoms with Gasteiger partial charge in [0.05, 0.1) is 16.8 Å². The fourth-order valence-electron chi connectivity index (χ4n) is 1.60. The van der Waals surface area contributed by atoms with Gasteiger partial charge >= 0.3 is 0 Å². The smallest absolute Gasteiger partial charge is 0.0892 e. The first kappa shape index (κ1) is 11.1. The second kappa shape index (κ2) is 4.63. The molecule has 0 fully saturated rings. The molecule has 2 heterocycles. The minimum absolute atomic E-state index is 0.00852. The lowest BCUT2D eigenvalue weighted by atomic mass is 10.1. The zero-order valence-electron chi connectivity index (χ0n) is 8.97. The first-order chi connectivity index (χ1) is 7.72. The summed E-state index contributed by atoms with van der Waals surface area (Å²) in [6, 6.07) is 3.87. The highest BCUT2D eigenvalue weighted by Gasteiger charge is 2.14. The van der Waals surface area contributed by atoms with Gasteiger partial charge in [-0.3, -0.25) is 9.67 Å². The molecule has 0 aliphatic rings. The summed E-state index contributed by atoms with van der Waals surface area (Å²) in [5, 5.41) is 5.00. The molecule has 0 saturated heterocycles. The molecule has 0 aromatic carbocycles. The topological polar surface area (TPSA) is 56.7 Å². The number of aryl methyl sites for hydroxylation is 1. The number of nitrogens with zero attached hydrogens (tertiary/aromatic N) is 3. The van der Waals surface area contributed by atoms with Crippen molar-refractivity contribution in [2.45, 2.75) is 13.0 Å². The van der Waals surface area contributed by atoms with Crippen LogP contribution in [0.5, 0.6) is 0 Å². The van der Waals surface area contributed by atoms with Gasteiger partial charge in [-0.25, -0.2) is 0 Å². The van der Waals surface area contributed by atoms with Crippen LogP contribution in [0, 0.1) is 6.92 Å². The predicted octanol–water partition coefficient (Wildman–Crippen LogP) is 1.79. The molecule has 0 aliphatic heterocycles. The van der Waals surface area contributed by atoms with Gasteiger partial charge in [-0.15, -0.1) is 0 Å². The predicted molar refractivity (Wildman–Crippen MR) is 63.4 cm³/mol. The molecule has 2 rings (SSSR count). The highest BCUT2D eigenvalue weighted by molar-refractivity contribution is 6.31. The van der Waals surface area contributed by atoms with E-state index in [-0.39, 0.29) is 6.04 Å². The first-order valence-corrected chi connectivity index (χ1v) is 5.41. The summed E-state index contributed by atoms with van der Waals surface area (Å²) in [4.78, 5) is 3.98. The molecular weight excluding hydrogens is 224 g/mol. The average molecular weight is 237 g/mol. The number of nitrogens with two attached hydrogens (primary N) is 1. The largest absolute Gasteiger partial charge is 0.328 e. The molecule has 0 spiro atoms. The molecule has 0 radical (unpaired) electrons. The molecule has 4 nitrogen and oxygen atoms in total. The number of rotatable bonds is 3. The molecule has 2 aromatic heterocycles. The second-order valence-corrected chi connectivity index (χ2v) is 3.98. The van der Waals surface area contributed by atoms with E-state index in [9.17, 15) is 0 Å². The standard InChI is InChI=1S/C11H13ClN4/c1-8-10(12)7-16(15-8)11(6-13)9-2-4-14-5-3-9/h2-5,7,11H,6,13H2,1H3. The maximum Gasteiger partial charge on any atom is 0.0892 e. The summed E-state index contributed by atoms with van der Waals surface area (Å²) in [7, 11) is 0. The summed E-state index contributed by atoms with van der Waals surface area (Å²) >= 11 is 5.98. The molecular formula is C11H13ClN4. The zero-order chi connectivity index (χ0) is 11.5. The van der Waals surface area contributed by atoms with E-state index in [2.05, 4.69) is 10.1 Å². The van der Waals surface area contributed by atoms with Crippen molar-refractivity contribution in [3.63, 3.8) is 0 Å². The van der Waals surface area contributed by atoms with Crippen molar-refractivity contribution in [2.24, 2.45) is 5.73 Å². The fourth-order valence-corrected chi connectivity index (χ4v) is 1.74. The average Bonchev–Trinajstić information content (AvgIpc) is 2.61. The van der Waals surface area contributed by atoms with Gasteiger partial charge in [-0.05, 0) is 24.6 Å². The van der Waals surface area contributed by atoms with E-state index in [1.54, 1.807) is 23.3 Å². The van der Waals surface area contributed by atoms with Gasteiger partial charge in [0.2, 0.25) is 0 Å². The van der Waals surface area contributed by atoms with Gasteiger partial charge < -0.3 is 5.73 Å². The molecule has 2 N–H and O–H groups in total. The molecule has 2 aromatic rings. The van der Waals surface area contributed by atoms with E-state index in [0.29, 0.717) is 11.6 Å². The van der Waals surface area contributed by atoms with Crippen LogP contribution in [0.1, 0.15) is 17.3 Å². The summed E-state index contributed by atoms with van der Waals surface area (Å²) in [6.45, 7) is 2.35. The summed E-state index contributed by atoms with van der Waals surface area (Å²) in [5.74, 6) is 0. The lowest BCUT2D eigenvalue weighted by Gasteiger charge is -2.15. The van der Waals surface area contributed by atoms with Gasteiger partial charge in [0, 0.05) is 25.1 Å². The van der Waals surface area contributed by atoms with E-state index < -0.39 is 0 Å². The van der Waals surface area contributed by atoms with Crippen LogP contribution >= 0.6 is 11.6 Å². The van der Waals surface area contributed by atoms with E-state index >= 15 is 0 Å². The molecule has 5 heteroatoms. The van der Waals surface area contributed by atoms with Crippen LogP contribution in [-0.2, 0) is 0 Å². The number of halogens is 1. The lowest BCUT2D eigenvalue weighted by molar-refractivity contribution is 0.528. The van der Waals surface area contributed by atoms with Crippen molar-refractivity contribution in [3.8, 4) is 0 Å². The highest BCUT2D eigenvalue weighted by Crippen LogP contribution is 2.20. The van der Waals surface area contributed by atoms with Gasteiger partial charge in [0.15, 0.2) is 0 Å². The Morgan fingerprint density at radius 3 is 2.62 bits per heavy atom. The minimum Gasteiger partial charge on any atom is -0.328 e. The van der Waals surface area contributed by atoms with Gasteiger partial charge in [-0.2, -0.15) is 5.10 Å². The van der Waals surface area contributed by atoms with Crippen LogP contribution in [0.4, 0.5) is 0 Å².